The molecule has 0 radical (unpaired) electrons. The molecule has 3 aromatic rings. The van der Waals surface area contributed by atoms with Gasteiger partial charge in [0.1, 0.15) is 5.69 Å². The van der Waals surface area contributed by atoms with E-state index in [1.54, 1.807) is 12.1 Å². The molecule has 1 amide bonds. The number of carboxylic acids is 1. The molecule has 0 spiro atoms. The van der Waals surface area contributed by atoms with Crippen LogP contribution >= 0.6 is 0 Å². The van der Waals surface area contributed by atoms with E-state index in [1.807, 2.05) is 31.2 Å². The second-order valence-electron chi connectivity index (χ2n) is 9.22. The quantitative estimate of drug-likeness (QED) is 0.578. The number of ether oxygens (including phenoxy) is 1. The Hall–Kier alpha value is -3.92. The Morgan fingerprint density at radius 2 is 1.95 bits per heavy atom. The molecule has 2 aliphatic rings. The number of fused-ring (bicyclic) bond motifs is 3. The fourth-order valence-corrected chi connectivity index (χ4v) is 4.98. The maximum absolute atomic E-state index is 13.0. The fraction of sp³-hybridized carbons (Fsp3) is 0.296. The first-order valence-corrected chi connectivity index (χ1v) is 11.8. The van der Waals surface area contributed by atoms with Crippen LogP contribution in [-0.2, 0) is 22.1 Å². The molecule has 3 heterocycles. The third-order valence-corrected chi connectivity index (χ3v) is 6.89. The highest BCUT2D eigenvalue weighted by molar-refractivity contribution is 6.04. The molecule has 0 bridgehead atoms. The molecular formula is C27H23F3N3O4-. The molecule has 192 valence electrons. The molecule has 2 aromatic carbocycles. The van der Waals surface area contributed by atoms with E-state index in [2.05, 4.69) is 15.2 Å². The second-order valence-corrected chi connectivity index (χ2v) is 9.22. The second kappa shape index (κ2) is 9.51. The van der Waals surface area contributed by atoms with Crippen LogP contribution in [0, 0.1) is 12.8 Å². The van der Waals surface area contributed by atoms with Crippen LogP contribution in [0.5, 0.6) is 0 Å². The zero-order valence-corrected chi connectivity index (χ0v) is 19.8. The number of nitrogens with zero attached hydrogens (tertiary/aromatic N) is 2. The van der Waals surface area contributed by atoms with Gasteiger partial charge in [0.25, 0.3) is 5.91 Å². The topological polar surface area (TPSA) is 94.6 Å². The molecule has 37 heavy (non-hydrogen) atoms. The molecule has 7 nitrogen and oxygen atoms in total. The number of carboxylic acid groups (broad SMARTS) is 1. The minimum Gasteiger partial charge on any atom is -0.550 e. The van der Waals surface area contributed by atoms with Crippen molar-refractivity contribution in [2.24, 2.45) is 5.92 Å². The number of alkyl halides is 3. The number of carbonyl (C=O) groups excluding carboxylic acids is 2. The van der Waals surface area contributed by atoms with Gasteiger partial charge in [-0.3, -0.25) is 9.78 Å². The number of morpholine rings is 1. The number of anilines is 2. The van der Waals surface area contributed by atoms with Gasteiger partial charge in [-0.2, -0.15) is 13.2 Å². The molecule has 1 aromatic heterocycles. The SMILES string of the molecule is Cc1ccc(NC(=O)c2ccnc(C(F)(F)F)c2)cc1-c1ccc2c(c1)N1CCOC[C@H]1[C@@H](C(=O)[O-])C2. The van der Waals surface area contributed by atoms with Crippen LogP contribution in [0.1, 0.15) is 27.2 Å². The zero-order chi connectivity index (χ0) is 26.3. The summed E-state index contributed by atoms with van der Waals surface area (Å²) in [6.07, 6.45) is -3.35. The molecule has 0 aliphatic carbocycles. The van der Waals surface area contributed by atoms with Crippen LogP contribution in [0.15, 0.2) is 54.7 Å². The number of nitrogens with one attached hydrogen (secondary N) is 1. The lowest BCUT2D eigenvalue weighted by atomic mass is 9.84. The fourth-order valence-electron chi connectivity index (χ4n) is 4.98. The van der Waals surface area contributed by atoms with E-state index in [9.17, 15) is 27.9 Å². The van der Waals surface area contributed by atoms with Crippen molar-refractivity contribution in [1.29, 1.82) is 0 Å². The summed E-state index contributed by atoms with van der Waals surface area (Å²) in [6.45, 7) is 3.29. The van der Waals surface area contributed by atoms with Crippen molar-refractivity contribution in [3.8, 4) is 11.1 Å². The van der Waals surface area contributed by atoms with Gasteiger partial charge < -0.3 is 24.9 Å². The van der Waals surface area contributed by atoms with Crippen LogP contribution in [0.2, 0.25) is 0 Å². The van der Waals surface area contributed by atoms with Crippen molar-refractivity contribution in [1.82, 2.24) is 4.98 Å². The molecule has 1 N–H and O–H groups in total. The Kier molecular flexibility index (Phi) is 6.36. The zero-order valence-electron chi connectivity index (χ0n) is 19.8. The van der Waals surface area contributed by atoms with E-state index in [4.69, 9.17) is 4.74 Å². The van der Waals surface area contributed by atoms with E-state index in [0.717, 1.165) is 34.1 Å². The lowest BCUT2D eigenvalue weighted by molar-refractivity contribution is -0.312. The molecule has 2 atom stereocenters. The van der Waals surface area contributed by atoms with Gasteiger partial charge in [-0.05, 0) is 65.9 Å². The summed E-state index contributed by atoms with van der Waals surface area (Å²) in [5.41, 5.74) is 3.62. The van der Waals surface area contributed by atoms with Gasteiger partial charge in [0.2, 0.25) is 0 Å². The monoisotopic (exact) mass is 510 g/mol. The molecule has 5 rings (SSSR count). The number of pyridine rings is 1. The molecule has 1 fully saturated rings. The Morgan fingerprint density at radius 1 is 1.14 bits per heavy atom. The Labute approximate surface area is 210 Å². The summed E-state index contributed by atoms with van der Waals surface area (Å²) in [4.78, 5) is 29.8. The van der Waals surface area contributed by atoms with E-state index in [-0.39, 0.29) is 11.6 Å². The highest BCUT2D eigenvalue weighted by atomic mass is 19.4. The lowest BCUT2D eigenvalue weighted by Crippen LogP contribution is -2.57. The predicted molar refractivity (Wildman–Crippen MR) is 128 cm³/mol. The minimum absolute atomic E-state index is 0.154. The number of benzene rings is 2. The van der Waals surface area contributed by atoms with Crippen molar-refractivity contribution in [3.63, 3.8) is 0 Å². The number of aromatic nitrogens is 1. The van der Waals surface area contributed by atoms with E-state index < -0.39 is 29.7 Å². The van der Waals surface area contributed by atoms with E-state index >= 15 is 0 Å². The number of rotatable bonds is 4. The molecule has 0 saturated carbocycles. The molecular weight excluding hydrogens is 487 g/mol. The number of carbonyl (C=O) groups is 2. The van der Waals surface area contributed by atoms with Gasteiger partial charge in [-0.1, -0.05) is 18.2 Å². The predicted octanol–water partition coefficient (Wildman–Crippen LogP) is 3.46. The van der Waals surface area contributed by atoms with Crippen molar-refractivity contribution >= 4 is 23.3 Å². The average molecular weight is 510 g/mol. The summed E-state index contributed by atoms with van der Waals surface area (Å²) in [5, 5.41) is 14.4. The van der Waals surface area contributed by atoms with Crippen molar-refractivity contribution in [2.75, 3.05) is 30.0 Å². The standard InChI is InChI=1S/C27H24F3N3O4/c1-15-2-5-19(32-25(34)18-6-7-31-24(12-18)27(28,29)30)13-20(15)16-3-4-17-10-21(26(35)36)23-14-37-9-8-33(23)22(17)11-16/h2-7,11-13,21,23H,8-10,14H2,1H3,(H,32,34)(H,35,36)/p-1/t21-,23-/m0/s1. The third-order valence-electron chi connectivity index (χ3n) is 6.89. The molecule has 10 heteroatoms. The third kappa shape index (κ3) is 4.89. The molecule has 1 saturated heterocycles. The summed E-state index contributed by atoms with van der Waals surface area (Å²) in [6, 6.07) is 12.7. The summed E-state index contributed by atoms with van der Waals surface area (Å²) in [5.74, 6) is -2.44. The minimum atomic E-state index is -4.65. The largest absolute Gasteiger partial charge is 0.550 e. The highest BCUT2D eigenvalue weighted by Gasteiger charge is 2.37. The molecule has 2 aliphatic heterocycles. The number of halogens is 3. The Bertz CT molecular complexity index is 1380. The van der Waals surface area contributed by atoms with Crippen molar-refractivity contribution < 1.29 is 32.6 Å². The van der Waals surface area contributed by atoms with E-state index in [0.29, 0.717) is 37.9 Å². The number of aryl methyl sites for hydroxylation is 1. The van der Waals surface area contributed by atoms with Gasteiger partial charge >= 0.3 is 6.18 Å². The van der Waals surface area contributed by atoms with Crippen LogP contribution < -0.4 is 15.3 Å². The van der Waals surface area contributed by atoms with Crippen LogP contribution in [0.4, 0.5) is 24.5 Å². The van der Waals surface area contributed by atoms with Gasteiger partial charge in [0.05, 0.1) is 19.3 Å². The van der Waals surface area contributed by atoms with Crippen LogP contribution in [0.3, 0.4) is 0 Å². The smallest absolute Gasteiger partial charge is 0.433 e. The maximum atomic E-state index is 13.0. The van der Waals surface area contributed by atoms with Crippen molar-refractivity contribution in [2.45, 2.75) is 25.6 Å². The number of amides is 1. The lowest BCUT2D eigenvalue weighted by Gasteiger charge is -2.46. The highest BCUT2D eigenvalue weighted by Crippen LogP contribution is 2.39. The normalized spacial score (nSPS) is 19.1. The summed E-state index contributed by atoms with van der Waals surface area (Å²) in [7, 11) is 0. The first kappa shape index (κ1) is 24.8. The number of hydrogen-bond acceptors (Lipinski definition) is 6. The Morgan fingerprint density at radius 3 is 2.70 bits per heavy atom. The summed E-state index contributed by atoms with van der Waals surface area (Å²) < 4.78 is 44.5. The van der Waals surface area contributed by atoms with Gasteiger partial charge in [-0.15, -0.1) is 0 Å². The van der Waals surface area contributed by atoms with E-state index in [1.165, 1.54) is 6.07 Å². The number of aliphatic carboxylic acids is 1. The first-order valence-electron chi connectivity index (χ1n) is 11.8. The van der Waals surface area contributed by atoms with Crippen LogP contribution in [0.25, 0.3) is 11.1 Å². The average Bonchev–Trinajstić information content (AvgIpc) is 2.88. The van der Waals surface area contributed by atoms with Crippen LogP contribution in [-0.4, -0.2) is 42.7 Å². The number of hydrogen-bond donors (Lipinski definition) is 1. The summed E-state index contributed by atoms with van der Waals surface area (Å²) >= 11 is 0. The molecule has 0 unspecified atom stereocenters. The van der Waals surface area contributed by atoms with Gasteiger partial charge in [0.15, 0.2) is 0 Å². The van der Waals surface area contributed by atoms with Gasteiger partial charge in [-0.25, -0.2) is 0 Å². The first-order chi connectivity index (χ1) is 17.6. The maximum Gasteiger partial charge on any atom is 0.433 e. The Balaban J connectivity index is 1.44. The van der Waals surface area contributed by atoms with Gasteiger partial charge in [0, 0.05) is 41.6 Å². The van der Waals surface area contributed by atoms with Crippen molar-refractivity contribution in [3.05, 3.63) is 77.1 Å².